The number of para-hydroxylation sites is 1. The van der Waals surface area contributed by atoms with E-state index >= 15 is 0 Å². The molecule has 1 N–H and O–H groups in total. The van der Waals surface area contributed by atoms with Gasteiger partial charge in [-0.05, 0) is 31.9 Å². The van der Waals surface area contributed by atoms with Gasteiger partial charge in [0.1, 0.15) is 6.42 Å². The molecule has 96 valence electrons. The Bertz CT molecular complexity index is 427. The second kappa shape index (κ2) is 5.67. The maximum Gasteiger partial charge on any atom is 0.236 e. The SMILES string of the molecule is CCN(C(=O)CC(=O)NC1CC1)c1ccccc1. The van der Waals surface area contributed by atoms with Crippen molar-refractivity contribution in [2.75, 3.05) is 11.4 Å². The van der Waals surface area contributed by atoms with Gasteiger partial charge in [0.2, 0.25) is 11.8 Å². The summed E-state index contributed by atoms with van der Waals surface area (Å²) in [5.74, 6) is -0.321. The van der Waals surface area contributed by atoms with Crippen LogP contribution in [0.1, 0.15) is 26.2 Å². The zero-order valence-electron chi connectivity index (χ0n) is 10.6. The van der Waals surface area contributed by atoms with Crippen LogP contribution in [-0.4, -0.2) is 24.4 Å². The van der Waals surface area contributed by atoms with Crippen molar-refractivity contribution in [3.8, 4) is 0 Å². The molecular formula is C14H18N2O2. The quantitative estimate of drug-likeness (QED) is 0.804. The zero-order chi connectivity index (χ0) is 13.0. The van der Waals surface area contributed by atoms with Crippen LogP contribution < -0.4 is 10.2 Å². The van der Waals surface area contributed by atoms with Gasteiger partial charge >= 0.3 is 0 Å². The van der Waals surface area contributed by atoms with Crippen molar-refractivity contribution in [1.82, 2.24) is 5.32 Å². The number of anilines is 1. The van der Waals surface area contributed by atoms with Crippen LogP contribution in [-0.2, 0) is 9.59 Å². The van der Waals surface area contributed by atoms with Crippen LogP contribution >= 0.6 is 0 Å². The van der Waals surface area contributed by atoms with Crippen LogP contribution in [0, 0.1) is 0 Å². The molecule has 1 fully saturated rings. The number of nitrogens with zero attached hydrogens (tertiary/aromatic N) is 1. The first-order valence-electron chi connectivity index (χ1n) is 6.35. The Hall–Kier alpha value is -1.84. The number of carbonyl (C=O) groups is 2. The number of hydrogen-bond acceptors (Lipinski definition) is 2. The highest BCUT2D eigenvalue weighted by Crippen LogP contribution is 2.19. The number of amides is 2. The summed E-state index contributed by atoms with van der Waals surface area (Å²) >= 11 is 0. The molecule has 1 saturated carbocycles. The maximum absolute atomic E-state index is 12.1. The van der Waals surface area contributed by atoms with Crippen molar-refractivity contribution < 1.29 is 9.59 Å². The molecular weight excluding hydrogens is 228 g/mol. The average molecular weight is 246 g/mol. The lowest BCUT2D eigenvalue weighted by Crippen LogP contribution is -2.36. The lowest BCUT2D eigenvalue weighted by molar-refractivity contribution is -0.128. The van der Waals surface area contributed by atoms with E-state index in [2.05, 4.69) is 5.32 Å². The van der Waals surface area contributed by atoms with E-state index in [-0.39, 0.29) is 18.2 Å². The van der Waals surface area contributed by atoms with Crippen LogP contribution in [0.25, 0.3) is 0 Å². The van der Waals surface area contributed by atoms with Crippen molar-refractivity contribution in [1.29, 1.82) is 0 Å². The predicted molar refractivity (Wildman–Crippen MR) is 70.3 cm³/mol. The van der Waals surface area contributed by atoms with Gasteiger partial charge in [0.15, 0.2) is 0 Å². The molecule has 0 aliphatic heterocycles. The molecule has 1 aliphatic carbocycles. The largest absolute Gasteiger partial charge is 0.353 e. The van der Waals surface area contributed by atoms with Crippen LogP contribution in [0.3, 0.4) is 0 Å². The summed E-state index contributed by atoms with van der Waals surface area (Å²) in [7, 11) is 0. The van der Waals surface area contributed by atoms with Gasteiger partial charge in [-0.15, -0.1) is 0 Å². The van der Waals surface area contributed by atoms with E-state index in [0.717, 1.165) is 18.5 Å². The predicted octanol–water partition coefficient (Wildman–Crippen LogP) is 1.71. The molecule has 1 aromatic rings. The number of benzene rings is 1. The lowest BCUT2D eigenvalue weighted by atomic mass is 10.2. The first kappa shape index (κ1) is 12.6. The highest BCUT2D eigenvalue weighted by Gasteiger charge is 2.25. The van der Waals surface area contributed by atoms with Gasteiger partial charge < -0.3 is 10.2 Å². The van der Waals surface area contributed by atoms with E-state index in [1.54, 1.807) is 4.90 Å². The van der Waals surface area contributed by atoms with Gasteiger partial charge in [-0.2, -0.15) is 0 Å². The normalized spacial score (nSPS) is 14.1. The fourth-order valence-corrected chi connectivity index (χ4v) is 1.85. The van der Waals surface area contributed by atoms with Crippen molar-refractivity contribution in [3.05, 3.63) is 30.3 Å². The highest BCUT2D eigenvalue weighted by atomic mass is 16.2. The van der Waals surface area contributed by atoms with Crippen molar-refractivity contribution in [2.45, 2.75) is 32.2 Å². The molecule has 0 atom stereocenters. The summed E-state index contributed by atoms with van der Waals surface area (Å²) < 4.78 is 0. The van der Waals surface area contributed by atoms with Crippen LogP contribution in [0.4, 0.5) is 5.69 Å². The number of carbonyl (C=O) groups excluding carboxylic acids is 2. The monoisotopic (exact) mass is 246 g/mol. The third-order valence-electron chi connectivity index (χ3n) is 2.94. The molecule has 1 aromatic carbocycles. The van der Waals surface area contributed by atoms with Crippen LogP contribution in [0.15, 0.2) is 30.3 Å². The lowest BCUT2D eigenvalue weighted by Gasteiger charge is -2.20. The van der Waals surface area contributed by atoms with Gasteiger partial charge in [-0.25, -0.2) is 0 Å². The van der Waals surface area contributed by atoms with Crippen molar-refractivity contribution >= 4 is 17.5 Å². The average Bonchev–Trinajstić information content (AvgIpc) is 3.15. The minimum atomic E-state index is -0.170. The summed E-state index contributed by atoms with van der Waals surface area (Å²) in [6.07, 6.45) is 2.01. The fraction of sp³-hybridized carbons (Fsp3) is 0.429. The van der Waals surface area contributed by atoms with Gasteiger partial charge in [-0.1, -0.05) is 18.2 Å². The molecule has 0 heterocycles. The Morgan fingerprint density at radius 3 is 2.50 bits per heavy atom. The molecule has 0 unspecified atom stereocenters. The Morgan fingerprint density at radius 1 is 1.28 bits per heavy atom. The number of nitrogens with one attached hydrogen (secondary N) is 1. The van der Waals surface area contributed by atoms with Crippen LogP contribution in [0.2, 0.25) is 0 Å². The van der Waals surface area contributed by atoms with Gasteiger partial charge in [0.05, 0.1) is 0 Å². The minimum Gasteiger partial charge on any atom is -0.353 e. The van der Waals surface area contributed by atoms with Gasteiger partial charge in [0.25, 0.3) is 0 Å². The molecule has 0 radical (unpaired) electrons. The summed E-state index contributed by atoms with van der Waals surface area (Å²) in [5.41, 5.74) is 0.837. The molecule has 0 saturated heterocycles. The first-order valence-corrected chi connectivity index (χ1v) is 6.35. The topological polar surface area (TPSA) is 49.4 Å². The molecule has 0 bridgehead atoms. The molecule has 1 aliphatic rings. The summed E-state index contributed by atoms with van der Waals surface area (Å²) in [6.45, 7) is 2.48. The van der Waals surface area contributed by atoms with E-state index < -0.39 is 0 Å². The summed E-state index contributed by atoms with van der Waals surface area (Å²) in [5, 5.41) is 2.83. The molecule has 2 amide bonds. The maximum atomic E-state index is 12.1. The van der Waals surface area contributed by atoms with E-state index in [0.29, 0.717) is 12.6 Å². The number of rotatable bonds is 5. The first-order chi connectivity index (χ1) is 8.70. The molecule has 0 spiro atoms. The Labute approximate surface area is 107 Å². The standard InChI is InChI=1S/C14H18N2O2/c1-2-16(12-6-4-3-5-7-12)14(18)10-13(17)15-11-8-9-11/h3-7,11H,2,8-10H2,1H3,(H,15,17). The molecule has 18 heavy (non-hydrogen) atoms. The minimum absolute atomic E-state index is 0.0702. The molecule has 2 rings (SSSR count). The van der Waals surface area contributed by atoms with Gasteiger partial charge in [-0.3, -0.25) is 9.59 Å². The second-order valence-corrected chi connectivity index (χ2v) is 4.49. The van der Waals surface area contributed by atoms with E-state index in [9.17, 15) is 9.59 Å². The summed E-state index contributed by atoms with van der Waals surface area (Å²) in [6, 6.07) is 9.73. The van der Waals surface area contributed by atoms with Crippen molar-refractivity contribution in [2.24, 2.45) is 0 Å². The molecule has 4 nitrogen and oxygen atoms in total. The summed E-state index contributed by atoms with van der Waals surface area (Å²) in [4.78, 5) is 25.3. The van der Waals surface area contributed by atoms with E-state index in [4.69, 9.17) is 0 Å². The Balaban J connectivity index is 1.94. The zero-order valence-corrected chi connectivity index (χ0v) is 10.6. The third kappa shape index (κ3) is 3.32. The number of hydrogen-bond donors (Lipinski definition) is 1. The van der Waals surface area contributed by atoms with Crippen LogP contribution in [0.5, 0.6) is 0 Å². The Morgan fingerprint density at radius 2 is 1.94 bits per heavy atom. The van der Waals surface area contributed by atoms with Gasteiger partial charge in [0, 0.05) is 18.3 Å². The highest BCUT2D eigenvalue weighted by molar-refractivity contribution is 6.05. The third-order valence-corrected chi connectivity index (χ3v) is 2.94. The van der Waals surface area contributed by atoms with E-state index in [1.165, 1.54) is 0 Å². The van der Waals surface area contributed by atoms with E-state index in [1.807, 2.05) is 37.3 Å². The second-order valence-electron chi connectivity index (χ2n) is 4.49. The smallest absolute Gasteiger partial charge is 0.236 e. The molecule has 4 heteroatoms. The fourth-order valence-electron chi connectivity index (χ4n) is 1.85. The molecule has 0 aromatic heterocycles. The van der Waals surface area contributed by atoms with Crippen molar-refractivity contribution in [3.63, 3.8) is 0 Å². The Kier molecular flexibility index (Phi) is 3.97.